The summed E-state index contributed by atoms with van der Waals surface area (Å²) in [7, 11) is 0. The summed E-state index contributed by atoms with van der Waals surface area (Å²) < 4.78 is 0. The number of guanidine groups is 1. The van der Waals surface area contributed by atoms with Gasteiger partial charge >= 0.3 is 0 Å². The van der Waals surface area contributed by atoms with Gasteiger partial charge in [0.15, 0.2) is 17.9 Å². The van der Waals surface area contributed by atoms with Crippen LogP contribution in [0.2, 0.25) is 0 Å². The minimum atomic E-state index is -1.76. The highest BCUT2D eigenvalue weighted by Crippen LogP contribution is 2.24. The largest absolute Gasteiger partial charge is 0.508 e. The molecule has 3 aromatic carbocycles. The van der Waals surface area contributed by atoms with Gasteiger partial charge < -0.3 is 43.6 Å². The Bertz CT molecular complexity index is 1800. The van der Waals surface area contributed by atoms with Gasteiger partial charge in [-0.3, -0.25) is 33.9 Å². The zero-order valence-electron chi connectivity index (χ0n) is 31.5. The summed E-state index contributed by atoms with van der Waals surface area (Å²) >= 11 is 0. The molecule has 0 aromatic heterocycles. The number of aliphatic imine (C=N–C) groups is 1. The second-order valence-electron chi connectivity index (χ2n) is 14.0. The number of benzene rings is 3. The molecule has 4 amide bonds. The Hall–Kier alpha value is -5.54. The number of nitrogens with one attached hydrogen (secondary N) is 4. The van der Waals surface area contributed by atoms with Crippen molar-refractivity contribution in [2.24, 2.45) is 22.2 Å². The van der Waals surface area contributed by atoms with Crippen molar-refractivity contribution in [3.8, 4) is 5.75 Å². The Balaban J connectivity index is 1.72. The fraction of sp³-hybridized carbons (Fsp3) is 0.450. The van der Waals surface area contributed by atoms with E-state index in [1.165, 1.54) is 12.1 Å². The molecule has 0 radical (unpaired) electrons. The molecule has 15 heteroatoms. The molecule has 0 bridgehead atoms. The Morgan fingerprint density at radius 2 is 1.53 bits per heavy atom. The predicted octanol–water partition coefficient (Wildman–Crippen LogP) is 1.09. The van der Waals surface area contributed by atoms with E-state index in [9.17, 15) is 29.1 Å². The van der Waals surface area contributed by atoms with Crippen LogP contribution in [0, 0.1) is 0 Å². The first-order chi connectivity index (χ1) is 26.4. The number of nitrogens with zero attached hydrogens (tertiary/aromatic N) is 2. The van der Waals surface area contributed by atoms with Crippen LogP contribution in [0.3, 0.4) is 0 Å². The molecule has 15 nitrogen and oxygen atoms in total. The smallest absolute Gasteiger partial charge is 0.243 e. The normalized spacial score (nSPS) is 21.5. The molecule has 0 saturated carbocycles. The van der Waals surface area contributed by atoms with Gasteiger partial charge in [-0.15, -0.1) is 0 Å². The fourth-order valence-electron chi connectivity index (χ4n) is 6.84. The number of phenolic OH excluding ortho intramolecular Hbond substituents is 1. The van der Waals surface area contributed by atoms with E-state index >= 15 is 0 Å². The van der Waals surface area contributed by atoms with E-state index in [2.05, 4.69) is 26.3 Å². The van der Waals surface area contributed by atoms with Crippen molar-refractivity contribution in [2.75, 3.05) is 26.2 Å². The SMILES string of the molecule is C[C@@H]1C(=O)N[C@@H](CCCN=C(N)N)C(=O)N[C@@H](Cc2ccc3ccccc3c2)C(=O)NCC(=O)N[C@](C=O)(Cc2ccc(O)cc2)N1CCCCCCCN. The summed E-state index contributed by atoms with van der Waals surface area (Å²) in [5.41, 5.74) is 16.3. The monoisotopic (exact) mass is 757 g/mol. The lowest BCUT2D eigenvalue weighted by molar-refractivity contribution is -0.142. The van der Waals surface area contributed by atoms with E-state index in [1.807, 2.05) is 42.5 Å². The number of amides is 4. The first-order valence-corrected chi connectivity index (χ1v) is 18.9. The second kappa shape index (κ2) is 20.8. The molecule has 3 aromatic rings. The molecule has 0 unspecified atom stereocenters. The topological polar surface area (TPSA) is 247 Å². The standard InChI is InChI=1S/C40H55N9O6/c1-27-36(53)46-33(12-9-20-44-39(42)43)38(55)47-34(23-29-13-16-30-10-5-6-11-31(30)22-29)37(54)45-25-35(52)48-40(26-50,24-28-14-17-32(51)18-15-28)49(27)21-8-4-2-3-7-19-41/h5-6,10-11,13-18,22,26-27,33-34,51H,2-4,7-9,12,19-21,23-25,41H2,1H3,(H,45,54)(H,46,53)(H,47,55)(H,48,52)(H4,42,43,44)/t27-,33+,34+,40-/m1/s1. The number of fused-ring (bicyclic) bond motifs is 1. The van der Waals surface area contributed by atoms with Gasteiger partial charge in [0.25, 0.3) is 0 Å². The summed E-state index contributed by atoms with van der Waals surface area (Å²) in [6.07, 6.45) is 5.13. The summed E-state index contributed by atoms with van der Waals surface area (Å²) in [5.74, 6) is -2.57. The van der Waals surface area contributed by atoms with Crippen molar-refractivity contribution < 1.29 is 29.1 Å². The summed E-state index contributed by atoms with van der Waals surface area (Å²) in [6, 6.07) is 16.4. The molecule has 4 rings (SSSR count). The fourth-order valence-corrected chi connectivity index (χ4v) is 6.84. The number of phenols is 1. The van der Waals surface area contributed by atoms with Crippen molar-refractivity contribution in [3.05, 3.63) is 77.9 Å². The highest BCUT2D eigenvalue weighted by atomic mass is 16.3. The number of carbonyl (C=O) groups excluding carboxylic acids is 5. The lowest BCUT2D eigenvalue weighted by atomic mass is 9.95. The van der Waals surface area contributed by atoms with Gasteiger partial charge in [-0.25, -0.2) is 0 Å². The summed E-state index contributed by atoms with van der Waals surface area (Å²) in [5, 5.41) is 23.1. The number of nitrogens with two attached hydrogens (primary N) is 3. The van der Waals surface area contributed by atoms with Crippen LogP contribution in [0.5, 0.6) is 5.75 Å². The molecule has 1 aliphatic heterocycles. The highest BCUT2D eigenvalue weighted by Gasteiger charge is 2.43. The molecule has 55 heavy (non-hydrogen) atoms. The van der Waals surface area contributed by atoms with Crippen LogP contribution in [0.4, 0.5) is 0 Å². The number of aromatic hydroxyl groups is 1. The molecule has 0 aliphatic carbocycles. The van der Waals surface area contributed by atoms with E-state index in [4.69, 9.17) is 17.2 Å². The third-order valence-electron chi connectivity index (χ3n) is 9.81. The molecule has 11 N–H and O–H groups in total. The Morgan fingerprint density at radius 1 is 0.855 bits per heavy atom. The van der Waals surface area contributed by atoms with Gasteiger partial charge in [-0.1, -0.05) is 73.9 Å². The average Bonchev–Trinajstić information content (AvgIpc) is 3.17. The molecule has 0 spiro atoms. The summed E-state index contributed by atoms with van der Waals surface area (Å²) in [4.78, 5) is 74.9. The average molecular weight is 758 g/mol. The van der Waals surface area contributed by atoms with E-state index < -0.39 is 54.0 Å². The Kier molecular flexibility index (Phi) is 16.0. The first-order valence-electron chi connectivity index (χ1n) is 18.9. The number of carbonyl (C=O) groups is 5. The lowest BCUT2D eigenvalue weighted by Crippen LogP contribution is -2.69. The predicted molar refractivity (Wildman–Crippen MR) is 211 cm³/mol. The maximum absolute atomic E-state index is 14.3. The number of rotatable bonds is 16. The van der Waals surface area contributed by atoms with Crippen LogP contribution in [0.1, 0.15) is 63.0 Å². The molecule has 1 aliphatic rings. The molecular formula is C40H55N9O6. The number of hydrogen-bond acceptors (Lipinski definition) is 9. The van der Waals surface area contributed by atoms with Gasteiger partial charge in [0, 0.05) is 25.9 Å². The quantitative estimate of drug-likeness (QED) is 0.0447. The van der Waals surface area contributed by atoms with E-state index in [0.29, 0.717) is 31.2 Å². The molecule has 1 heterocycles. The van der Waals surface area contributed by atoms with E-state index in [1.54, 1.807) is 24.0 Å². The third-order valence-corrected chi connectivity index (χ3v) is 9.81. The van der Waals surface area contributed by atoms with E-state index in [-0.39, 0.29) is 44.1 Å². The Morgan fingerprint density at radius 3 is 2.24 bits per heavy atom. The van der Waals surface area contributed by atoms with Crippen molar-refractivity contribution in [1.29, 1.82) is 0 Å². The van der Waals surface area contributed by atoms with Crippen LogP contribution < -0.4 is 38.5 Å². The van der Waals surface area contributed by atoms with Crippen LogP contribution in [-0.2, 0) is 36.8 Å². The van der Waals surface area contributed by atoms with Gasteiger partial charge in [-0.05, 0) is 73.2 Å². The number of unbranched alkanes of at least 4 members (excludes halogenated alkanes) is 4. The van der Waals surface area contributed by atoms with Gasteiger partial charge in [-0.2, -0.15) is 0 Å². The van der Waals surface area contributed by atoms with E-state index in [0.717, 1.165) is 42.0 Å². The van der Waals surface area contributed by atoms with Crippen molar-refractivity contribution in [3.63, 3.8) is 0 Å². The minimum Gasteiger partial charge on any atom is -0.508 e. The van der Waals surface area contributed by atoms with Crippen LogP contribution >= 0.6 is 0 Å². The zero-order chi connectivity index (χ0) is 39.8. The van der Waals surface area contributed by atoms with Crippen LogP contribution in [-0.4, -0.2) is 95.8 Å². The van der Waals surface area contributed by atoms with Crippen LogP contribution in [0.25, 0.3) is 10.8 Å². The zero-order valence-corrected chi connectivity index (χ0v) is 31.5. The van der Waals surface area contributed by atoms with Crippen molar-refractivity contribution in [2.45, 2.75) is 88.5 Å². The van der Waals surface area contributed by atoms with Crippen molar-refractivity contribution in [1.82, 2.24) is 26.2 Å². The number of hydrogen-bond donors (Lipinski definition) is 8. The second-order valence-corrected chi connectivity index (χ2v) is 14.0. The van der Waals surface area contributed by atoms with Gasteiger partial charge in [0.2, 0.25) is 23.6 Å². The molecule has 1 fully saturated rings. The minimum absolute atomic E-state index is 0.0196. The summed E-state index contributed by atoms with van der Waals surface area (Å²) in [6.45, 7) is 2.12. The molecular weight excluding hydrogens is 702 g/mol. The molecule has 296 valence electrons. The van der Waals surface area contributed by atoms with Gasteiger partial charge in [0.1, 0.15) is 17.8 Å². The molecule has 1 saturated heterocycles. The third kappa shape index (κ3) is 12.5. The number of aldehydes is 1. The first kappa shape index (κ1) is 42.2. The van der Waals surface area contributed by atoms with Crippen molar-refractivity contribution >= 4 is 46.6 Å². The lowest BCUT2D eigenvalue weighted by Gasteiger charge is -2.44. The maximum atomic E-state index is 14.3. The Labute approximate surface area is 321 Å². The molecule has 4 atom stereocenters. The highest BCUT2D eigenvalue weighted by molar-refractivity contribution is 5.95. The maximum Gasteiger partial charge on any atom is 0.243 e. The van der Waals surface area contributed by atoms with Crippen LogP contribution in [0.15, 0.2) is 71.7 Å². The van der Waals surface area contributed by atoms with Gasteiger partial charge in [0.05, 0.1) is 12.6 Å².